The molecule has 0 saturated heterocycles. The molecule has 0 aromatic heterocycles. The highest BCUT2D eigenvalue weighted by Crippen LogP contribution is 2.06. The number of benzene rings is 1. The van der Waals surface area contributed by atoms with E-state index in [1.807, 2.05) is 31.2 Å². The normalized spacial score (nSPS) is 10.1. The molecule has 82 valence electrons. The van der Waals surface area contributed by atoms with Gasteiger partial charge in [-0.05, 0) is 32.0 Å². The van der Waals surface area contributed by atoms with Crippen LogP contribution in [0.3, 0.4) is 0 Å². The van der Waals surface area contributed by atoms with E-state index in [1.165, 1.54) is 0 Å². The Hall–Kier alpha value is -1.35. The third-order valence-corrected chi connectivity index (χ3v) is 2.34. The molecule has 0 atom stereocenters. The fraction of sp³-hybridized carbons (Fsp3) is 0.417. The zero-order chi connectivity index (χ0) is 11.3. The maximum atomic E-state index is 11.8. The standard InChI is InChI=1S/C12H18N2O/c1-10-4-6-11(7-5-10)12(15)14(2)9-3-8-13/h4-7H,3,8-9,13H2,1-2H3. The van der Waals surface area contributed by atoms with E-state index in [1.54, 1.807) is 11.9 Å². The van der Waals surface area contributed by atoms with Crippen molar-refractivity contribution < 1.29 is 4.79 Å². The average molecular weight is 206 g/mol. The van der Waals surface area contributed by atoms with Crippen molar-refractivity contribution >= 4 is 5.91 Å². The lowest BCUT2D eigenvalue weighted by molar-refractivity contribution is 0.0794. The number of carbonyl (C=O) groups excluding carboxylic acids is 1. The van der Waals surface area contributed by atoms with Crippen molar-refractivity contribution in [2.45, 2.75) is 13.3 Å². The molecule has 0 aliphatic carbocycles. The lowest BCUT2D eigenvalue weighted by Crippen LogP contribution is -2.28. The third-order valence-electron chi connectivity index (χ3n) is 2.34. The molecule has 3 heteroatoms. The van der Waals surface area contributed by atoms with Crippen LogP contribution in [0.5, 0.6) is 0 Å². The van der Waals surface area contributed by atoms with E-state index in [-0.39, 0.29) is 5.91 Å². The van der Waals surface area contributed by atoms with E-state index in [9.17, 15) is 4.79 Å². The quantitative estimate of drug-likeness (QED) is 0.809. The first-order chi connectivity index (χ1) is 7.15. The van der Waals surface area contributed by atoms with E-state index in [2.05, 4.69) is 0 Å². The summed E-state index contributed by atoms with van der Waals surface area (Å²) in [6.07, 6.45) is 0.841. The molecular weight excluding hydrogens is 188 g/mol. The molecule has 1 amide bonds. The Morgan fingerprint density at radius 3 is 2.47 bits per heavy atom. The summed E-state index contributed by atoms with van der Waals surface area (Å²) in [4.78, 5) is 13.6. The van der Waals surface area contributed by atoms with Crippen LogP contribution >= 0.6 is 0 Å². The molecule has 0 saturated carbocycles. The first-order valence-electron chi connectivity index (χ1n) is 5.17. The van der Waals surface area contributed by atoms with Gasteiger partial charge in [-0.15, -0.1) is 0 Å². The van der Waals surface area contributed by atoms with E-state index < -0.39 is 0 Å². The Labute approximate surface area is 90.9 Å². The van der Waals surface area contributed by atoms with E-state index in [0.29, 0.717) is 13.1 Å². The summed E-state index contributed by atoms with van der Waals surface area (Å²) in [5, 5.41) is 0. The van der Waals surface area contributed by atoms with E-state index in [0.717, 1.165) is 17.5 Å². The zero-order valence-corrected chi connectivity index (χ0v) is 9.36. The summed E-state index contributed by atoms with van der Waals surface area (Å²) in [7, 11) is 1.80. The maximum absolute atomic E-state index is 11.8. The summed E-state index contributed by atoms with van der Waals surface area (Å²) >= 11 is 0. The molecule has 1 aromatic rings. The Bertz CT molecular complexity index is 319. The largest absolute Gasteiger partial charge is 0.342 e. The molecular formula is C12H18N2O. The summed E-state index contributed by atoms with van der Waals surface area (Å²) < 4.78 is 0. The van der Waals surface area contributed by atoms with Crippen molar-refractivity contribution in [1.82, 2.24) is 4.90 Å². The monoisotopic (exact) mass is 206 g/mol. The van der Waals surface area contributed by atoms with Crippen LogP contribution in [0.25, 0.3) is 0 Å². The van der Waals surface area contributed by atoms with Gasteiger partial charge in [0.2, 0.25) is 0 Å². The number of amides is 1. The van der Waals surface area contributed by atoms with Crippen LogP contribution in [0.2, 0.25) is 0 Å². The Balaban J connectivity index is 2.63. The zero-order valence-electron chi connectivity index (χ0n) is 9.36. The topological polar surface area (TPSA) is 46.3 Å². The molecule has 3 nitrogen and oxygen atoms in total. The number of rotatable bonds is 4. The molecule has 0 unspecified atom stereocenters. The first-order valence-corrected chi connectivity index (χ1v) is 5.17. The number of nitrogens with zero attached hydrogens (tertiary/aromatic N) is 1. The summed E-state index contributed by atoms with van der Waals surface area (Å²) in [6, 6.07) is 7.61. The van der Waals surface area contributed by atoms with Crippen molar-refractivity contribution in [3.05, 3.63) is 35.4 Å². The molecule has 1 rings (SSSR count). The van der Waals surface area contributed by atoms with Gasteiger partial charge in [0.25, 0.3) is 5.91 Å². The van der Waals surface area contributed by atoms with Crippen molar-refractivity contribution in [1.29, 1.82) is 0 Å². The number of aryl methyl sites for hydroxylation is 1. The Morgan fingerprint density at radius 2 is 1.93 bits per heavy atom. The van der Waals surface area contributed by atoms with Crippen LogP contribution in [0, 0.1) is 6.92 Å². The van der Waals surface area contributed by atoms with Gasteiger partial charge in [0, 0.05) is 19.2 Å². The van der Waals surface area contributed by atoms with Crippen LogP contribution in [0.4, 0.5) is 0 Å². The molecule has 15 heavy (non-hydrogen) atoms. The number of carbonyl (C=O) groups is 1. The summed E-state index contributed by atoms with van der Waals surface area (Å²) in [5.41, 5.74) is 7.30. The molecule has 0 fully saturated rings. The van der Waals surface area contributed by atoms with Gasteiger partial charge in [0.05, 0.1) is 0 Å². The number of nitrogens with two attached hydrogens (primary N) is 1. The average Bonchev–Trinajstić information content (AvgIpc) is 2.26. The van der Waals surface area contributed by atoms with Crippen molar-refractivity contribution in [3.8, 4) is 0 Å². The highest BCUT2D eigenvalue weighted by atomic mass is 16.2. The van der Waals surface area contributed by atoms with Crippen LogP contribution in [-0.2, 0) is 0 Å². The predicted molar refractivity (Wildman–Crippen MR) is 61.8 cm³/mol. The second kappa shape index (κ2) is 5.51. The lowest BCUT2D eigenvalue weighted by Gasteiger charge is -2.16. The number of hydrogen-bond donors (Lipinski definition) is 1. The Morgan fingerprint density at radius 1 is 1.33 bits per heavy atom. The van der Waals surface area contributed by atoms with E-state index in [4.69, 9.17) is 5.73 Å². The minimum absolute atomic E-state index is 0.0588. The highest BCUT2D eigenvalue weighted by molar-refractivity contribution is 5.94. The van der Waals surface area contributed by atoms with Crippen LogP contribution in [0.15, 0.2) is 24.3 Å². The van der Waals surface area contributed by atoms with Crippen molar-refractivity contribution in [2.75, 3.05) is 20.1 Å². The van der Waals surface area contributed by atoms with Gasteiger partial charge in [-0.2, -0.15) is 0 Å². The van der Waals surface area contributed by atoms with Crippen LogP contribution in [0.1, 0.15) is 22.3 Å². The molecule has 0 aliphatic rings. The van der Waals surface area contributed by atoms with Crippen molar-refractivity contribution in [3.63, 3.8) is 0 Å². The molecule has 0 heterocycles. The molecule has 2 N–H and O–H groups in total. The summed E-state index contributed by atoms with van der Waals surface area (Å²) in [5.74, 6) is 0.0588. The van der Waals surface area contributed by atoms with Gasteiger partial charge in [0.15, 0.2) is 0 Å². The lowest BCUT2D eigenvalue weighted by atomic mass is 10.1. The van der Waals surface area contributed by atoms with Gasteiger partial charge in [-0.1, -0.05) is 17.7 Å². The highest BCUT2D eigenvalue weighted by Gasteiger charge is 2.09. The van der Waals surface area contributed by atoms with Crippen molar-refractivity contribution in [2.24, 2.45) is 5.73 Å². The van der Waals surface area contributed by atoms with Gasteiger partial charge in [-0.25, -0.2) is 0 Å². The second-order valence-corrected chi connectivity index (χ2v) is 3.73. The van der Waals surface area contributed by atoms with Gasteiger partial charge in [-0.3, -0.25) is 4.79 Å². The smallest absolute Gasteiger partial charge is 0.253 e. The second-order valence-electron chi connectivity index (χ2n) is 3.73. The number of hydrogen-bond acceptors (Lipinski definition) is 2. The minimum atomic E-state index is 0.0588. The minimum Gasteiger partial charge on any atom is -0.342 e. The van der Waals surface area contributed by atoms with Gasteiger partial charge in [0.1, 0.15) is 0 Å². The maximum Gasteiger partial charge on any atom is 0.253 e. The first kappa shape index (κ1) is 11.7. The molecule has 1 aromatic carbocycles. The Kier molecular flexibility index (Phi) is 4.31. The van der Waals surface area contributed by atoms with Gasteiger partial charge < -0.3 is 10.6 Å². The molecule has 0 radical (unpaired) electrons. The van der Waals surface area contributed by atoms with Crippen LogP contribution in [-0.4, -0.2) is 30.9 Å². The predicted octanol–water partition coefficient (Wildman–Crippen LogP) is 1.42. The third kappa shape index (κ3) is 3.36. The summed E-state index contributed by atoms with van der Waals surface area (Å²) in [6.45, 7) is 3.33. The fourth-order valence-electron chi connectivity index (χ4n) is 1.35. The van der Waals surface area contributed by atoms with E-state index >= 15 is 0 Å². The molecule has 0 aliphatic heterocycles. The van der Waals surface area contributed by atoms with Gasteiger partial charge >= 0.3 is 0 Å². The SMILES string of the molecule is Cc1ccc(C(=O)N(C)CCCN)cc1. The fourth-order valence-corrected chi connectivity index (χ4v) is 1.35. The van der Waals surface area contributed by atoms with Crippen LogP contribution < -0.4 is 5.73 Å². The molecule has 0 spiro atoms. The molecule has 0 bridgehead atoms.